The first kappa shape index (κ1) is 60.8. The van der Waals surface area contributed by atoms with Gasteiger partial charge in [-0.2, -0.15) is 0 Å². The molecule has 0 saturated carbocycles. The third-order valence-corrected chi connectivity index (χ3v) is 23.0. The highest BCUT2D eigenvalue weighted by Gasteiger charge is 2.49. The molecule has 2 nitrogen and oxygen atoms in total. The van der Waals surface area contributed by atoms with Gasteiger partial charge in [-0.3, -0.25) is 0 Å². The zero-order chi connectivity index (χ0) is 64.1. The molecule has 1 heterocycles. The number of furan rings is 1. The Morgan fingerprint density at radius 3 is 1.52 bits per heavy atom. The summed E-state index contributed by atoms with van der Waals surface area (Å²) < 4.78 is 7.22. The van der Waals surface area contributed by atoms with Crippen LogP contribution in [0.4, 0.5) is 11.4 Å². The highest BCUT2D eigenvalue weighted by molar-refractivity contribution is 6.21. The van der Waals surface area contributed by atoms with Crippen LogP contribution in [0.5, 0.6) is 0 Å². The lowest BCUT2D eigenvalue weighted by atomic mass is 9.70. The van der Waals surface area contributed by atoms with Crippen molar-refractivity contribution in [1.29, 1.82) is 0 Å². The molecule has 1 aromatic heterocycles. The zero-order valence-electron chi connectivity index (χ0n) is 57.2. The van der Waals surface area contributed by atoms with E-state index in [1.807, 2.05) is 0 Å². The monoisotopic (exact) mass is 1220 g/mol. The largest absolute Gasteiger partial charge is 0.455 e. The second-order valence-corrected chi connectivity index (χ2v) is 29.8. The van der Waals surface area contributed by atoms with Crippen molar-refractivity contribution in [1.82, 2.24) is 0 Å². The van der Waals surface area contributed by atoms with Gasteiger partial charge in [0.1, 0.15) is 11.2 Å². The van der Waals surface area contributed by atoms with Crippen LogP contribution >= 0.6 is 0 Å². The maximum Gasteiger partial charge on any atom is 0.144 e. The van der Waals surface area contributed by atoms with Crippen molar-refractivity contribution in [2.45, 2.75) is 188 Å². The first-order chi connectivity index (χ1) is 45.1. The molecule has 11 aromatic rings. The summed E-state index contributed by atoms with van der Waals surface area (Å²) in [5, 5.41) is 2.40. The topological polar surface area (TPSA) is 16.4 Å². The van der Waals surface area contributed by atoms with E-state index < -0.39 is 0 Å². The van der Waals surface area contributed by atoms with Crippen LogP contribution < -0.4 is 4.90 Å². The van der Waals surface area contributed by atoms with Crippen molar-refractivity contribution in [2.75, 3.05) is 4.90 Å². The van der Waals surface area contributed by atoms with Crippen LogP contribution in [0.2, 0.25) is 0 Å². The number of rotatable bonds is 20. The Hall–Kier alpha value is -8.46. The molecule has 0 bridgehead atoms. The fraction of sp³-hybridized carbons (Fsp3) is 0.319. The molecule has 0 amide bonds. The fourth-order valence-electron chi connectivity index (χ4n) is 18.0. The van der Waals surface area contributed by atoms with Gasteiger partial charge in [0.15, 0.2) is 0 Å². The Labute approximate surface area is 554 Å². The van der Waals surface area contributed by atoms with E-state index in [0.29, 0.717) is 0 Å². The molecule has 0 unspecified atom stereocenters. The molecule has 4 aliphatic carbocycles. The van der Waals surface area contributed by atoms with Crippen molar-refractivity contribution in [3.8, 4) is 77.9 Å². The van der Waals surface area contributed by atoms with Crippen molar-refractivity contribution in [3.05, 3.63) is 250 Å². The minimum Gasteiger partial charge on any atom is -0.455 e. The van der Waals surface area contributed by atoms with Gasteiger partial charge in [0, 0.05) is 54.9 Å². The Kier molecular flexibility index (Phi) is 15.4. The summed E-state index contributed by atoms with van der Waals surface area (Å²) >= 11 is 0. The summed E-state index contributed by atoms with van der Waals surface area (Å²) in [5.74, 6) is 0. The molecule has 0 aliphatic heterocycles. The molecule has 0 spiro atoms. The van der Waals surface area contributed by atoms with E-state index in [9.17, 15) is 0 Å². The van der Waals surface area contributed by atoms with Crippen molar-refractivity contribution >= 4 is 33.3 Å². The Bertz CT molecular complexity index is 4770. The number of nitrogens with zero attached hydrogens (tertiary/aromatic N) is 1. The quantitative estimate of drug-likeness (QED) is 0.0707. The van der Waals surface area contributed by atoms with Gasteiger partial charge in [0.25, 0.3) is 0 Å². The maximum absolute atomic E-state index is 7.22. The van der Waals surface area contributed by atoms with E-state index in [1.165, 1.54) is 229 Å². The maximum atomic E-state index is 7.22. The molecule has 0 saturated heterocycles. The highest BCUT2D eigenvalue weighted by atomic mass is 16.3. The molecule has 0 N–H and O–H groups in total. The Balaban J connectivity index is 0.782. The fourth-order valence-corrected chi connectivity index (χ4v) is 18.0. The molecule has 0 radical (unpaired) electrons. The van der Waals surface area contributed by atoms with E-state index in [2.05, 4.69) is 275 Å². The Morgan fingerprint density at radius 1 is 0.409 bits per heavy atom. The number of para-hydroxylation sites is 1. The number of benzene rings is 10. The average Bonchev–Trinajstić information content (AvgIpc) is 1.51. The summed E-state index contributed by atoms with van der Waals surface area (Å²) in [7, 11) is 0. The minimum absolute atomic E-state index is 0.0491. The van der Waals surface area contributed by atoms with Gasteiger partial charge in [0.05, 0.1) is 5.69 Å². The first-order valence-corrected chi connectivity index (χ1v) is 35.6. The number of aryl methyl sites for hydroxylation is 1. The van der Waals surface area contributed by atoms with Gasteiger partial charge in [-0.25, -0.2) is 0 Å². The molecule has 0 atom stereocenters. The number of fused-ring (bicyclic) bond motifs is 18. The zero-order valence-corrected chi connectivity index (χ0v) is 57.2. The van der Waals surface area contributed by atoms with Crippen molar-refractivity contribution < 1.29 is 4.42 Å². The predicted octanol–water partition coefficient (Wildman–Crippen LogP) is 26.6. The number of hydrogen-bond acceptors (Lipinski definition) is 2. The van der Waals surface area contributed by atoms with E-state index in [-0.39, 0.29) is 21.7 Å². The number of allylic oxidation sites excluding steroid dienone is 2. The van der Waals surface area contributed by atoms with Gasteiger partial charge < -0.3 is 9.32 Å². The van der Waals surface area contributed by atoms with Crippen molar-refractivity contribution in [2.24, 2.45) is 0 Å². The number of anilines is 2. The molecule has 2 heteroatoms. The van der Waals surface area contributed by atoms with Gasteiger partial charge in [-0.05, 0) is 199 Å². The molecular weight excluding hydrogens is 1120 g/mol. The molecule has 0 fully saturated rings. The van der Waals surface area contributed by atoms with Crippen LogP contribution in [0.3, 0.4) is 0 Å². The van der Waals surface area contributed by atoms with Gasteiger partial charge in [-0.1, -0.05) is 278 Å². The summed E-state index contributed by atoms with van der Waals surface area (Å²) in [6.45, 7) is 26.1. The van der Waals surface area contributed by atoms with Crippen LogP contribution in [0.15, 0.2) is 204 Å². The van der Waals surface area contributed by atoms with E-state index in [0.717, 1.165) is 16.9 Å². The van der Waals surface area contributed by atoms with E-state index >= 15 is 0 Å². The smallest absolute Gasteiger partial charge is 0.144 e. The summed E-state index contributed by atoms with van der Waals surface area (Å²) in [6, 6.07) is 73.0. The minimum atomic E-state index is -0.345. The van der Waals surface area contributed by atoms with Crippen LogP contribution in [0.1, 0.15) is 209 Å². The second kappa shape index (κ2) is 23.5. The lowest BCUT2D eigenvalue weighted by Crippen LogP contribution is -2.25. The van der Waals surface area contributed by atoms with Crippen LogP contribution in [-0.2, 0) is 21.7 Å². The van der Waals surface area contributed by atoms with Crippen LogP contribution in [0.25, 0.3) is 99.8 Å². The summed E-state index contributed by atoms with van der Waals surface area (Å²) in [5.41, 5.74) is 35.7. The second-order valence-electron chi connectivity index (χ2n) is 29.8. The lowest BCUT2D eigenvalue weighted by molar-refractivity contribution is 0.398. The van der Waals surface area contributed by atoms with Crippen molar-refractivity contribution in [3.63, 3.8) is 0 Å². The highest BCUT2D eigenvalue weighted by Crippen LogP contribution is 2.65. The molecule has 468 valence electrons. The van der Waals surface area contributed by atoms with E-state index in [1.54, 1.807) is 11.1 Å². The Morgan fingerprint density at radius 2 is 0.892 bits per heavy atom. The SMILES string of the molecule is C/C=C(\C)N(c1ccc2c(c1)C(C)(C)c1c3c(c4oc5ccccc5c4c1-2)-c1ccc(-c2ccc4c(c2)C(C)(C)c2cc(-c5ccc6c(c5)C(CCCCCCCC)(CCCCCCCC)c5ccccc5-6)ccc2-4)cc1C3(C)C)c1ccc(C)cc1-c1ccccc1. The first-order valence-electron chi connectivity index (χ1n) is 35.6. The molecule has 15 rings (SSSR count). The van der Waals surface area contributed by atoms with Gasteiger partial charge in [0.2, 0.25) is 0 Å². The summed E-state index contributed by atoms with van der Waals surface area (Å²) in [4.78, 5) is 2.47. The molecule has 4 aliphatic rings. The van der Waals surface area contributed by atoms with Gasteiger partial charge in [-0.15, -0.1) is 0 Å². The summed E-state index contributed by atoms with van der Waals surface area (Å²) in [6.07, 6.45) is 20.6. The van der Waals surface area contributed by atoms with Gasteiger partial charge >= 0.3 is 0 Å². The third-order valence-electron chi connectivity index (χ3n) is 23.0. The standard InChI is InChI=1S/C91H93NO/c1-12-15-17-19-21-30-50-91(51-31-22-20-18-16-13-2)74-36-28-26-34-66(74)69-46-41-64(56-79(69)91)62-40-45-68-67-44-39-61(53-75(67)88(6,7)76(68)54-62)63-42-47-71-77(55-63)89(8,9)86-84(71)87-83(72-35-27-29-37-81(72)93-87)82-70-48-43-65(57-78(70)90(10,11)85(82)86)92(59(5)14-3)80-49-38-58(4)52-73(80)60-32-24-23-25-33-60/h14,23-29,32-49,52-57H,12-13,15-22,30-31,50-51H2,1-11H3/b59-14+. The normalized spacial score (nSPS) is 15.4. The molecule has 93 heavy (non-hydrogen) atoms. The van der Waals surface area contributed by atoms with Crippen LogP contribution in [0, 0.1) is 6.92 Å². The predicted molar refractivity (Wildman–Crippen MR) is 398 cm³/mol. The number of unbranched alkanes of at least 4 members (excludes halogenated alkanes) is 10. The number of hydrogen-bond donors (Lipinski definition) is 0. The molecule has 10 aromatic carbocycles. The van der Waals surface area contributed by atoms with Crippen LogP contribution in [-0.4, -0.2) is 0 Å². The lowest BCUT2D eigenvalue weighted by Gasteiger charge is -2.33. The molecular formula is C91H93NO. The van der Waals surface area contributed by atoms with E-state index in [4.69, 9.17) is 4.42 Å². The average molecular weight is 1220 g/mol. The third kappa shape index (κ3) is 9.68.